The van der Waals surface area contributed by atoms with Crippen molar-refractivity contribution in [2.24, 2.45) is 0 Å². The normalized spacial score (nSPS) is 13.0. The molecule has 0 saturated heterocycles. The molecule has 0 radical (unpaired) electrons. The summed E-state index contributed by atoms with van der Waals surface area (Å²) in [5.74, 6) is -0.279. The summed E-state index contributed by atoms with van der Waals surface area (Å²) in [6.07, 6.45) is 5.71. The first-order valence-corrected chi connectivity index (χ1v) is 13.4. The fourth-order valence-electron chi connectivity index (χ4n) is 4.16. The van der Waals surface area contributed by atoms with Gasteiger partial charge in [-0.2, -0.15) is 0 Å². The van der Waals surface area contributed by atoms with Crippen LogP contribution in [-0.2, 0) is 40.1 Å². The molecule has 4 rings (SSSR count). The van der Waals surface area contributed by atoms with Crippen LogP contribution in [0.5, 0.6) is 0 Å². The van der Waals surface area contributed by atoms with Crippen LogP contribution in [0.2, 0.25) is 0 Å². The Hall–Kier alpha value is -2.65. The summed E-state index contributed by atoms with van der Waals surface area (Å²) in [5, 5.41) is 4.17. The number of esters is 1. The molecule has 0 fully saturated rings. The van der Waals surface area contributed by atoms with E-state index < -0.39 is 0 Å². The van der Waals surface area contributed by atoms with Gasteiger partial charge in [0, 0.05) is 24.4 Å². The Morgan fingerprint density at radius 2 is 2.00 bits per heavy atom. The van der Waals surface area contributed by atoms with E-state index in [4.69, 9.17) is 4.98 Å². The molecule has 34 heavy (non-hydrogen) atoms. The molecule has 0 unspecified atom stereocenters. The van der Waals surface area contributed by atoms with Crippen LogP contribution in [-0.4, -0.2) is 40.8 Å². The first-order chi connectivity index (χ1) is 16.6. The SMILES string of the molecule is COC(=O)CCCNC(=O)CSc1nc2sc3c(c2c(=O)n1CCc1ccccc1)CCCC3. The molecule has 2 heterocycles. The Morgan fingerprint density at radius 1 is 1.21 bits per heavy atom. The molecule has 3 aromatic rings. The summed E-state index contributed by atoms with van der Waals surface area (Å²) < 4.78 is 6.35. The average Bonchev–Trinajstić information content (AvgIpc) is 3.24. The van der Waals surface area contributed by atoms with Gasteiger partial charge in [-0.25, -0.2) is 4.98 Å². The fraction of sp³-hybridized carbons (Fsp3) is 0.440. The number of nitrogens with one attached hydrogen (secondary N) is 1. The maximum Gasteiger partial charge on any atom is 0.305 e. The van der Waals surface area contributed by atoms with Crippen molar-refractivity contribution in [2.45, 2.75) is 56.6 Å². The summed E-state index contributed by atoms with van der Waals surface area (Å²) in [6, 6.07) is 10.1. The lowest BCUT2D eigenvalue weighted by Gasteiger charge is -2.14. The zero-order valence-corrected chi connectivity index (χ0v) is 20.9. The number of carbonyl (C=O) groups is 2. The van der Waals surface area contributed by atoms with Gasteiger partial charge in [-0.1, -0.05) is 42.1 Å². The van der Waals surface area contributed by atoms with Gasteiger partial charge in [-0.15, -0.1) is 11.3 Å². The standard InChI is InChI=1S/C25H29N3O4S2/c1-32-21(30)12-7-14-26-20(29)16-33-25-27-23-22(18-10-5-6-11-19(18)34-23)24(31)28(25)15-13-17-8-3-2-4-9-17/h2-4,8-9H,5-7,10-16H2,1H3,(H,26,29). The molecule has 180 valence electrons. The van der Waals surface area contributed by atoms with Gasteiger partial charge in [0.05, 0.1) is 18.2 Å². The molecule has 1 N–H and O–H groups in total. The lowest BCUT2D eigenvalue weighted by atomic mass is 9.97. The number of hydrogen-bond acceptors (Lipinski definition) is 7. The Labute approximate surface area is 206 Å². The molecular weight excluding hydrogens is 470 g/mol. The monoisotopic (exact) mass is 499 g/mol. The minimum Gasteiger partial charge on any atom is -0.469 e. The maximum absolute atomic E-state index is 13.6. The zero-order chi connectivity index (χ0) is 23.9. The van der Waals surface area contributed by atoms with Gasteiger partial charge in [-0.05, 0) is 49.7 Å². The third kappa shape index (κ3) is 5.88. The number of ether oxygens (including phenoxy) is 1. The number of rotatable bonds is 10. The second kappa shape index (κ2) is 11.7. The molecule has 0 bridgehead atoms. The van der Waals surface area contributed by atoms with Crippen LogP contribution in [0.4, 0.5) is 0 Å². The summed E-state index contributed by atoms with van der Waals surface area (Å²) in [7, 11) is 1.35. The number of hydrogen-bond donors (Lipinski definition) is 1. The van der Waals surface area contributed by atoms with Gasteiger partial charge in [0.2, 0.25) is 5.91 Å². The van der Waals surface area contributed by atoms with Crippen LogP contribution >= 0.6 is 23.1 Å². The van der Waals surface area contributed by atoms with Crippen molar-refractivity contribution >= 4 is 45.2 Å². The van der Waals surface area contributed by atoms with Crippen LogP contribution in [0.3, 0.4) is 0 Å². The van der Waals surface area contributed by atoms with Gasteiger partial charge < -0.3 is 10.1 Å². The van der Waals surface area contributed by atoms with E-state index in [0.29, 0.717) is 31.1 Å². The van der Waals surface area contributed by atoms with E-state index >= 15 is 0 Å². The number of amides is 1. The zero-order valence-electron chi connectivity index (χ0n) is 19.3. The summed E-state index contributed by atoms with van der Waals surface area (Å²) in [5.41, 5.74) is 2.33. The van der Waals surface area contributed by atoms with Crippen molar-refractivity contribution in [3.05, 3.63) is 56.7 Å². The van der Waals surface area contributed by atoms with Gasteiger partial charge in [0.25, 0.3) is 5.56 Å². The van der Waals surface area contributed by atoms with Crippen LogP contribution in [0.1, 0.15) is 41.7 Å². The third-order valence-electron chi connectivity index (χ3n) is 5.95. The van der Waals surface area contributed by atoms with E-state index in [-0.39, 0.29) is 29.6 Å². The Kier molecular flexibility index (Phi) is 8.39. The largest absolute Gasteiger partial charge is 0.469 e. The van der Waals surface area contributed by atoms with E-state index in [1.165, 1.54) is 29.3 Å². The number of fused-ring (bicyclic) bond motifs is 3. The highest BCUT2D eigenvalue weighted by molar-refractivity contribution is 7.99. The van der Waals surface area contributed by atoms with E-state index in [1.807, 2.05) is 18.2 Å². The Morgan fingerprint density at radius 3 is 2.79 bits per heavy atom. The fourth-order valence-corrected chi connectivity index (χ4v) is 6.31. The number of methoxy groups -OCH3 is 1. The third-order valence-corrected chi connectivity index (χ3v) is 8.11. The molecule has 9 heteroatoms. The van der Waals surface area contributed by atoms with E-state index in [1.54, 1.807) is 15.9 Å². The van der Waals surface area contributed by atoms with Gasteiger partial charge in [-0.3, -0.25) is 19.0 Å². The van der Waals surface area contributed by atoms with Crippen LogP contribution < -0.4 is 10.9 Å². The number of carbonyl (C=O) groups excluding carboxylic acids is 2. The summed E-state index contributed by atoms with van der Waals surface area (Å²) in [6.45, 7) is 0.916. The van der Waals surface area contributed by atoms with E-state index in [2.05, 4.69) is 22.2 Å². The number of aromatic nitrogens is 2. The summed E-state index contributed by atoms with van der Waals surface area (Å²) >= 11 is 2.91. The molecule has 0 atom stereocenters. The second-order valence-electron chi connectivity index (χ2n) is 8.30. The van der Waals surface area contributed by atoms with Gasteiger partial charge in [0.15, 0.2) is 5.16 Å². The number of nitrogens with zero attached hydrogens (tertiary/aromatic N) is 2. The smallest absolute Gasteiger partial charge is 0.305 e. The number of thioether (sulfide) groups is 1. The quantitative estimate of drug-likeness (QED) is 0.198. The predicted molar refractivity (Wildman–Crippen MR) is 136 cm³/mol. The van der Waals surface area contributed by atoms with Crippen molar-refractivity contribution in [3.63, 3.8) is 0 Å². The molecule has 1 amide bonds. The first kappa shape index (κ1) is 24.5. The Bertz CT molecular complexity index is 1220. The lowest BCUT2D eigenvalue weighted by Crippen LogP contribution is -2.28. The molecule has 1 aromatic carbocycles. The molecule has 2 aromatic heterocycles. The van der Waals surface area contributed by atoms with Crippen molar-refractivity contribution in [2.75, 3.05) is 19.4 Å². The minimum absolute atomic E-state index is 0.00122. The number of aryl methyl sites for hydroxylation is 3. The van der Waals surface area contributed by atoms with Crippen molar-refractivity contribution in [3.8, 4) is 0 Å². The highest BCUT2D eigenvalue weighted by Gasteiger charge is 2.22. The van der Waals surface area contributed by atoms with Gasteiger partial charge >= 0.3 is 5.97 Å². The number of benzene rings is 1. The molecular formula is C25H29N3O4S2. The Balaban J connectivity index is 1.52. The highest BCUT2D eigenvalue weighted by atomic mass is 32.2. The lowest BCUT2D eigenvalue weighted by molar-refractivity contribution is -0.140. The van der Waals surface area contributed by atoms with Crippen molar-refractivity contribution < 1.29 is 14.3 Å². The van der Waals surface area contributed by atoms with E-state index in [0.717, 1.165) is 41.5 Å². The van der Waals surface area contributed by atoms with Crippen molar-refractivity contribution in [1.29, 1.82) is 0 Å². The molecule has 1 aliphatic rings. The predicted octanol–water partition coefficient (Wildman–Crippen LogP) is 3.74. The second-order valence-corrected chi connectivity index (χ2v) is 10.3. The highest BCUT2D eigenvalue weighted by Crippen LogP contribution is 2.34. The molecule has 1 aliphatic carbocycles. The molecule has 0 aliphatic heterocycles. The molecule has 0 saturated carbocycles. The van der Waals surface area contributed by atoms with Crippen LogP contribution in [0, 0.1) is 0 Å². The van der Waals surface area contributed by atoms with Crippen molar-refractivity contribution in [1.82, 2.24) is 14.9 Å². The topological polar surface area (TPSA) is 90.3 Å². The van der Waals surface area contributed by atoms with Crippen LogP contribution in [0.15, 0.2) is 40.3 Å². The average molecular weight is 500 g/mol. The number of thiophene rings is 1. The van der Waals surface area contributed by atoms with Crippen LogP contribution in [0.25, 0.3) is 10.2 Å². The minimum atomic E-state index is -0.290. The maximum atomic E-state index is 13.6. The molecule has 7 nitrogen and oxygen atoms in total. The molecule has 0 spiro atoms. The summed E-state index contributed by atoms with van der Waals surface area (Å²) in [4.78, 5) is 44.1. The van der Waals surface area contributed by atoms with Gasteiger partial charge in [0.1, 0.15) is 4.83 Å². The first-order valence-electron chi connectivity index (χ1n) is 11.6. The van der Waals surface area contributed by atoms with E-state index in [9.17, 15) is 14.4 Å².